The molecule has 1 aromatic carbocycles. The van der Waals surface area contributed by atoms with Gasteiger partial charge in [0.2, 0.25) is 0 Å². The molecule has 3 heteroatoms. The molecule has 1 unspecified atom stereocenters. The molecule has 0 aliphatic carbocycles. The number of rotatable bonds is 2. The molecule has 0 heterocycles. The Labute approximate surface area is 73.5 Å². The molecule has 0 saturated heterocycles. The predicted molar refractivity (Wildman–Crippen MR) is 49.1 cm³/mol. The van der Waals surface area contributed by atoms with Crippen LogP contribution in [0.4, 0.5) is 0 Å². The summed E-state index contributed by atoms with van der Waals surface area (Å²) < 4.78 is 19.2. The van der Waals surface area contributed by atoms with Crippen molar-refractivity contribution in [2.75, 3.05) is 0 Å². The van der Waals surface area contributed by atoms with E-state index in [0.717, 1.165) is 5.56 Å². The van der Waals surface area contributed by atoms with Crippen molar-refractivity contribution in [1.29, 1.82) is 0 Å². The lowest BCUT2D eigenvalue weighted by Gasteiger charge is -1.94. The van der Waals surface area contributed by atoms with Crippen molar-refractivity contribution in [2.45, 2.75) is 4.90 Å². The van der Waals surface area contributed by atoms with Gasteiger partial charge in [0.05, 0.1) is 4.90 Å². The van der Waals surface area contributed by atoms with Gasteiger partial charge < -0.3 is 4.55 Å². The average Bonchev–Trinajstić information content (AvgIpc) is 2.06. The fraction of sp³-hybridized carbons (Fsp3) is 0. The lowest BCUT2D eigenvalue weighted by molar-refractivity contribution is 0.564. The Morgan fingerprint density at radius 2 is 2.00 bits per heavy atom. The summed E-state index contributed by atoms with van der Waals surface area (Å²) >= 11 is -1.89. The van der Waals surface area contributed by atoms with Crippen LogP contribution in [-0.2, 0) is 11.1 Å². The standard InChI is InChI=1S/C9H8O2S/c1-2-3-8-4-6-9(7-5-8)12(10)11/h3-7H,1H2,(H,10,11). The Kier molecular flexibility index (Phi) is 3.00. The molecule has 0 spiro atoms. The first-order valence-corrected chi connectivity index (χ1v) is 4.41. The van der Waals surface area contributed by atoms with E-state index in [4.69, 9.17) is 4.55 Å². The molecule has 1 atom stereocenters. The monoisotopic (exact) mass is 180 g/mol. The van der Waals surface area contributed by atoms with Crippen molar-refractivity contribution in [2.24, 2.45) is 0 Å². The first-order valence-electron chi connectivity index (χ1n) is 3.31. The van der Waals surface area contributed by atoms with Crippen molar-refractivity contribution in [3.05, 3.63) is 42.1 Å². The van der Waals surface area contributed by atoms with Crippen LogP contribution >= 0.6 is 0 Å². The minimum absolute atomic E-state index is 0.399. The summed E-state index contributed by atoms with van der Waals surface area (Å²) in [5.41, 5.74) is 3.54. The SMILES string of the molecule is C=C=Cc1ccc(S(=O)O)cc1. The fourth-order valence-corrected chi connectivity index (χ4v) is 1.17. The molecule has 0 radical (unpaired) electrons. The maximum atomic E-state index is 10.5. The third-order valence-electron chi connectivity index (χ3n) is 1.35. The van der Waals surface area contributed by atoms with Crippen molar-refractivity contribution in [3.63, 3.8) is 0 Å². The molecule has 0 fully saturated rings. The van der Waals surface area contributed by atoms with Gasteiger partial charge in [-0.25, -0.2) is 4.21 Å². The third-order valence-corrected chi connectivity index (χ3v) is 2.03. The van der Waals surface area contributed by atoms with Gasteiger partial charge in [-0.3, -0.25) is 0 Å². The van der Waals surface area contributed by atoms with Crippen molar-refractivity contribution < 1.29 is 8.76 Å². The summed E-state index contributed by atoms with van der Waals surface area (Å²) in [7, 11) is 0. The van der Waals surface area contributed by atoms with Crippen molar-refractivity contribution in [1.82, 2.24) is 0 Å². The quantitative estimate of drug-likeness (QED) is 0.558. The van der Waals surface area contributed by atoms with Crippen LogP contribution in [0.3, 0.4) is 0 Å². The van der Waals surface area contributed by atoms with Gasteiger partial charge in [-0.2, -0.15) is 0 Å². The van der Waals surface area contributed by atoms with Gasteiger partial charge >= 0.3 is 0 Å². The zero-order valence-corrected chi connectivity index (χ0v) is 7.17. The molecule has 1 rings (SSSR count). The van der Waals surface area contributed by atoms with Crippen molar-refractivity contribution in [3.8, 4) is 0 Å². The molecule has 0 bridgehead atoms. The second-order valence-electron chi connectivity index (χ2n) is 2.17. The molecule has 0 saturated carbocycles. The first kappa shape index (κ1) is 8.94. The third kappa shape index (κ3) is 2.17. The minimum Gasteiger partial charge on any atom is -0.302 e. The van der Waals surface area contributed by atoms with Gasteiger partial charge in [-0.15, -0.1) is 5.73 Å². The van der Waals surface area contributed by atoms with Gasteiger partial charge in [0.1, 0.15) is 0 Å². The van der Waals surface area contributed by atoms with E-state index in [1.165, 1.54) is 0 Å². The summed E-state index contributed by atoms with van der Waals surface area (Å²) in [4.78, 5) is 0.399. The van der Waals surface area contributed by atoms with E-state index in [0.29, 0.717) is 4.90 Å². The maximum absolute atomic E-state index is 10.5. The van der Waals surface area contributed by atoms with Gasteiger partial charge in [-0.05, 0) is 23.8 Å². The Morgan fingerprint density at radius 3 is 2.42 bits per heavy atom. The molecule has 0 amide bonds. The summed E-state index contributed by atoms with van der Waals surface area (Å²) in [6, 6.07) is 6.67. The predicted octanol–water partition coefficient (Wildman–Crippen LogP) is 2.07. The maximum Gasteiger partial charge on any atom is 0.186 e. The van der Waals surface area contributed by atoms with Crippen LogP contribution in [0, 0.1) is 0 Å². The minimum atomic E-state index is -1.89. The van der Waals surface area contributed by atoms with Gasteiger partial charge in [0.15, 0.2) is 11.1 Å². The van der Waals surface area contributed by atoms with Crippen LogP contribution in [0.25, 0.3) is 6.08 Å². The summed E-state index contributed by atoms with van der Waals surface area (Å²) in [6.07, 6.45) is 1.70. The van der Waals surface area contributed by atoms with E-state index in [1.807, 2.05) is 0 Å². The van der Waals surface area contributed by atoms with Crippen LogP contribution in [0.5, 0.6) is 0 Å². The molecular formula is C9H8O2S. The number of hydrogen-bond donors (Lipinski definition) is 1. The molecule has 1 aromatic rings. The smallest absolute Gasteiger partial charge is 0.186 e. The van der Waals surface area contributed by atoms with Crippen molar-refractivity contribution >= 4 is 17.2 Å². The summed E-state index contributed by atoms with van der Waals surface area (Å²) in [5, 5.41) is 0. The topological polar surface area (TPSA) is 37.3 Å². The van der Waals surface area contributed by atoms with Crippen LogP contribution in [0.15, 0.2) is 41.5 Å². The average molecular weight is 180 g/mol. The molecule has 0 aromatic heterocycles. The summed E-state index contributed by atoms with van der Waals surface area (Å²) in [6.45, 7) is 3.42. The van der Waals surface area contributed by atoms with Crippen LogP contribution in [0.2, 0.25) is 0 Å². The first-order chi connectivity index (χ1) is 5.74. The van der Waals surface area contributed by atoms with Gasteiger partial charge in [0, 0.05) is 0 Å². The molecule has 1 N–H and O–H groups in total. The largest absolute Gasteiger partial charge is 0.302 e. The number of benzene rings is 1. The van der Waals surface area contributed by atoms with E-state index < -0.39 is 11.1 Å². The number of hydrogen-bond acceptors (Lipinski definition) is 1. The highest BCUT2D eigenvalue weighted by atomic mass is 32.2. The molecule has 62 valence electrons. The Bertz CT molecular complexity index is 313. The summed E-state index contributed by atoms with van der Waals surface area (Å²) in [5.74, 6) is 0. The highest BCUT2D eigenvalue weighted by molar-refractivity contribution is 7.79. The van der Waals surface area contributed by atoms with E-state index in [9.17, 15) is 4.21 Å². The van der Waals surface area contributed by atoms with E-state index >= 15 is 0 Å². The van der Waals surface area contributed by atoms with Crippen LogP contribution in [-0.4, -0.2) is 8.76 Å². The van der Waals surface area contributed by atoms with Crippen LogP contribution < -0.4 is 0 Å². The van der Waals surface area contributed by atoms with E-state index in [2.05, 4.69) is 12.3 Å². The zero-order valence-electron chi connectivity index (χ0n) is 6.36. The molecule has 12 heavy (non-hydrogen) atoms. The van der Waals surface area contributed by atoms with Crippen LogP contribution in [0.1, 0.15) is 5.56 Å². The Morgan fingerprint density at radius 1 is 1.42 bits per heavy atom. The Balaban J connectivity index is 3.00. The molecule has 0 aliphatic heterocycles. The lowest BCUT2D eigenvalue weighted by atomic mass is 10.2. The highest BCUT2D eigenvalue weighted by Crippen LogP contribution is 2.07. The Hall–Kier alpha value is -1.15. The normalized spacial score (nSPS) is 11.8. The second-order valence-corrected chi connectivity index (χ2v) is 3.14. The second kappa shape index (κ2) is 4.02. The van der Waals surface area contributed by atoms with Gasteiger partial charge in [0.25, 0.3) is 0 Å². The zero-order chi connectivity index (χ0) is 8.97. The lowest BCUT2D eigenvalue weighted by Crippen LogP contribution is -1.86. The molecule has 0 aliphatic rings. The fourth-order valence-electron chi connectivity index (χ4n) is 0.798. The molecular weight excluding hydrogens is 172 g/mol. The van der Waals surface area contributed by atoms with E-state index in [1.54, 1.807) is 30.3 Å². The highest BCUT2D eigenvalue weighted by Gasteiger charge is 1.96. The molecule has 2 nitrogen and oxygen atoms in total. The van der Waals surface area contributed by atoms with E-state index in [-0.39, 0.29) is 0 Å². The van der Waals surface area contributed by atoms with Gasteiger partial charge in [-0.1, -0.05) is 18.7 Å².